The summed E-state index contributed by atoms with van der Waals surface area (Å²) >= 11 is 2.80. The molecule has 0 bridgehead atoms. The van der Waals surface area contributed by atoms with Gasteiger partial charge < -0.3 is 4.90 Å². The van der Waals surface area contributed by atoms with E-state index in [1.165, 1.54) is 27.7 Å². The zero-order valence-corrected chi connectivity index (χ0v) is 23.5. The summed E-state index contributed by atoms with van der Waals surface area (Å²) in [7, 11) is 3.95. The van der Waals surface area contributed by atoms with Gasteiger partial charge in [-0.05, 0) is 23.8 Å². The lowest BCUT2D eigenvalue weighted by atomic mass is 10.1. The van der Waals surface area contributed by atoms with E-state index in [0.717, 1.165) is 16.8 Å². The van der Waals surface area contributed by atoms with Gasteiger partial charge in [-0.2, -0.15) is 20.0 Å². The van der Waals surface area contributed by atoms with Crippen molar-refractivity contribution < 1.29 is 4.79 Å². The summed E-state index contributed by atoms with van der Waals surface area (Å²) < 4.78 is 0. The van der Waals surface area contributed by atoms with Gasteiger partial charge in [0.05, 0.1) is 0 Å². The van der Waals surface area contributed by atoms with Crippen molar-refractivity contribution in [1.29, 1.82) is 0 Å². The maximum Gasteiger partial charge on any atom is 0.297 e. The van der Waals surface area contributed by atoms with Gasteiger partial charge in [0, 0.05) is 48.5 Å². The zero-order valence-electron chi connectivity index (χ0n) is 21.9. The molecule has 4 heterocycles. The smallest absolute Gasteiger partial charge is 0.297 e. The average Bonchev–Trinajstić information content (AvgIpc) is 3.74. The molecular formula is C27H23N11OS2. The first-order chi connectivity index (χ1) is 20.0. The second kappa shape index (κ2) is 11.5. The van der Waals surface area contributed by atoms with Gasteiger partial charge in [-0.25, -0.2) is 15.0 Å². The van der Waals surface area contributed by atoms with Gasteiger partial charge in [0.2, 0.25) is 17.8 Å². The van der Waals surface area contributed by atoms with Gasteiger partial charge in [0.1, 0.15) is 5.70 Å². The van der Waals surface area contributed by atoms with Crippen LogP contribution in [0.25, 0.3) is 6.08 Å². The highest BCUT2D eigenvalue weighted by molar-refractivity contribution is 7.13. The number of hydrogen-bond acceptors (Lipinski definition) is 13. The number of anilines is 6. The monoisotopic (exact) mass is 581 g/mol. The Morgan fingerprint density at radius 2 is 1.41 bits per heavy atom. The molecule has 41 heavy (non-hydrogen) atoms. The number of carbonyl (C=O) groups excluding carboxylic acids is 1. The third kappa shape index (κ3) is 6.03. The van der Waals surface area contributed by atoms with Crippen LogP contribution in [0.15, 0.2) is 88.4 Å². The summed E-state index contributed by atoms with van der Waals surface area (Å²) in [6.07, 6.45) is 5.11. The van der Waals surface area contributed by atoms with E-state index in [1.807, 2.05) is 84.4 Å². The van der Waals surface area contributed by atoms with Crippen LogP contribution < -0.4 is 21.0 Å². The van der Waals surface area contributed by atoms with Gasteiger partial charge in [-0.15, -0.1) is 22.7 Å². The number of hydrazine groups is 1. The lowest BCUT2D eigenvalue weighted by Gasteiger charge is -2.19. The van der Waals surface area contributed by atoms with Crippen LogP contribution in [0.5, 0.6) is 0 Å². The molecule has 3 N–H and O–H groups in total. The fraction of sp³-hybridized carbons (Fsp3) is 0.0741. The van der Waals surface area contributed by atoms with E-state index in [0.29, 0.717) is 16.1 Å². The molecule has 0 fully saturated rings. The first-order valence-corrected chi connectivity index (χ1v) is 14.1. The fourth-order valence-electron chi connectivity index (χ4n) is 3.83. The van der Waals surface area contributed by atoms with Gasteiger partial charge in [0.25, 0.3) is 5.91 Å². The summed E-state index contributed by atoms with van der Waals surface area (Å²) in [4.78, 5) is 42.3. The predicted octanol–water partition coefficient (Wildman–Crippen LogP) is 4.99. The lowest BCUT2D eigenvalue weighted by Crippen LogP contribution is -2.38. The number of benzene rings is 2. The summed E-state index contributed by atoms with van der Waals surface area (Å²) in [5.74, 6) is 0.642. The first kappa shape index (κ1) is 26.0. The Balaban J connectivity index is 1.34. The van der Waals surface area contributed by atoms with Gasteiger partial charge in [0.15, 0.2) is 16.1 Å². The van der Waals surface area contributed by atoms with Crippen LogP contribution >= 0.6 is 22.7 Å². The topological polar surface area (TPSA) is 136 Å². The van der Waals surface area contributed by atoms with E-state index in [-0.39, 0.29) is 29.4 Å². The molecule has 0 aliphatic carbocycles. The Bertz CT molecular complexity index is 1650. The number of thiazole rings is 2. The molecule has 0 saturated carbocycles. The number of hydrogen-bond donors (Lipinski definition) is 3. The standard InChI is InChI=1S/C27H23N11OS2/c1-37(2)19-10-8-17(9-11-19)16-20-22(39)38(21(30-20)18-6-4-3-5-7-18)36-25-32-23(34-26-28-12-14-40-26)31-24(33-25)35-27-29-13-15-41-27/h3-16H,1-2H3,(H3,28,29,31,32,33,34,35,36). The van der Waals surface area contributed by atoms with Crippen LogP contribution in [0.3, 0.4) is 0 Å². The molecule has 0 unspecified atom stereocenters. The van der Waals surface area contributed by atoms with Crippen molar-refractivity contribution in [3.63, 3.8) is 0 Å². The Morgan fingerprint density at radius 1 is 0.805 bits per heavy atom. The molecule has 0 saturated heterocycles. The van der Waals surface area contributed by atoms with Gasteiger partial charge in [-0.1, -0.05) is 42.5 Å². The molecule has 0 atom stereocenters. The van der Waals surface area contributed by atoms with Crippen LogP contribution in [0.4, 0.5) is 33.8 Å². The second-order valence-corrected chi connectivity index (χ2v) is 10.6. The van der Waals surface area contributed by atoms with Crippen molar-refractivity contribution in [2.45, 2.75) is 0 Å². The van der Waals surface area contributed by atoms with Crippen LogP contribution in [-0.2, 0) is 4.79 Å². The Kier molecular flexibility index (Phi) is 7.30. The molecule has 6 rings (SSSR count). The highest BCUT2D eigenvalue weighted by Crippen LogP contribution is 2.25. The third-order valence-electron chi connectivity index (χ3n) is 5.75. The van der Waals surface area contributed by atoms with Crippen molar-refractivity contribution >= 4 is 74.3 Å². The number of amidine groups is 1. The molecule has 1 aliphatic rings. The highest BCUT2D eigenvalue weighted by atomic mass is 32.1. The van der Waals surface area contributed by atoms with Crippen molar-refractivity contribution in [2.75, 3.05) is 35.1 Å². The van der Waals surface area contributed by atoms with E-state index in [9.17, 15) is 4.79 Å². The van der Waals surface area contributed by atoms with Gasteiger partial charge >= 0.3 is 0 Å². The maximum atomic E-state index is 13.7. The minimum Gasteiger partial charge on any atom is -0.378 e. The number of aliphatic imine (C=N–C) groups is 1. The Morgan fingerprint density at radius 3 is 1.98 bits per heavy atom. The molecule has 5 aromatic rings. The molecule has 0 spiro atoms. The Hall–Kier alpha value is -5.21. The van der Waals surface area contributed by atoms with Gasteiger partial charge in [-0.3, -0.25) is 20.9 Å². The fourth-order valence-corrected chi connectivity index (χ4v) is 4.87. The SMILES string of the molecule is CN(C)c1ccc(C=C2N=C(c3ccccc3)N(Nc3nc(Nc4nccs4)nc(Nc4nccs4)n3)C2=O)cc1. The molecule has 3 aromatic heterocycles. The molecule has 1 amide bonds. The first-order valence-electron chi connectivity index (χ1n) is 12.4. The van der Waals surface area contributed by atoms with Crippen LogP contribution in [-0.4, -0.2) is 55.8 Å². The second-order valence-electron chi connectivity index (χ2n) is 8.80. The molecule has 2 aromatic carbocycles. The lowest BCUT2D eigenvalue weighted by molar-refractivity contribution is -0.121. The largest absolute Gasteiger partial charge is 0.378 e. The molecule has 1 aliphatic heterocycles. The number of nitrogens with one attached hydrogen (secondary N) is 3. The highest BCUT2D eigenvalue weighted by Gasteiger charge is 2.32. The molecular weight excluding hydrogens is 559 g/mol. The normalized spacial score (nSPS) is 13.8. The molecule has 204 valence electrons. The summed E-state index contributed by atoms with van der Waals surface area (Å²) in [6.45, 7) is 0. The summed E-state index contributed by atoms with van der Waals surface area (Å²) in [5.41, 5.74) is 5.97. The van der Waals surface area contributed by atoms with Crippen molar-refractivity contribution in [3.05, 3.63) is 94.6 Å². The van der Waals surface area contributed by atoms with Crippen molar-refractivity contribution in [3.8, 4) is 0 Å². The van der Waals surface area contributed by atoms with E-state index in [2.05, 4.69) is 41.0 Å². The number of amides is 1. The number of aromatic nitrogens is 5. The summed E-state index contributed by atoms with van der Waals surface area (Å²) in [6, 6.07) is 17.3. The van der Waals surface area contributed by atoms with Crippen molar-refractivity contribution in [2.24, 2.45) is 4.99 Å². The predicted molar refractivity (Wildman–Crippen MR) is 163 cm³/mol. The van der Waals surface area contributed by atoms with Crippen LogP contribution in [0, 0.1) is 0 Å². The van der Waals surface area contributed by atoms with E-state index in [4.69, 9.17) is 4.99 Å². The molecule has 0 radical (unpaired) electrons. The van der Waals surface area contributed by atoms with Crippen molar-refractivity contribution in [1.82, 2.24) is 29.9 Å². The van der Waals surface area contributed by atoms with Crippen LogP contribution in [0.2, 0.25) is 0 Å². The Labute approximate surface area is 243 Å². The number of carbonyl (C=O) groups is 1. The minimum atomic E-state index is -0.357. The summed E-state index contributed by atoms with van der Waals surface area (Å²) in [5, 5.41) is 12.4. The zero-order chi connectivity index (χ0) is 28.2. The quantitative estimate of drug-likeness (QED) is 0.204. The number of nitrogens with zero attached hydrogens (tertiary/aromatic N) is 8. The van der Waals surface area contributed by atoms with E-state index < -0.39 is 0 Å². The van der Waals surface area contributed by atoms with E-state index in [1.54, 1.807) is 18.5 Å². The third-order valence-corrected chi connectivity index (χ3v) is 7.13. The van der Waals surface area contributed by atoms with Crippen LogP contribution in [0.1, 0.15) is 11.1 Å². The minimum absolute atomic E-state index is 0.117. The average molecular weight is 582 g/mol. The molecule has 12 nitrogen and oxygen atoms in total. The molecule has 14 heteroatoms. The van der Waals surface area contributed by atoms with E-state index >= 15 is 0 Å². The maximum absolute atomic E-state index is 13.7. The number of rotatable bonds is 9.